The van der Waals surface area contributed by atoms with Crippen molar-refractivity contribution in [1.29, 1.82) is 0 Å². The summed E-state index contributed by atoms with van der Waals surface area (Å²) in [5.74, 6) is -2.52. The van der Waals surface area contributed by atoms with E-state index in [0.717, 1.165) is 0 Å². The lowest BCUT2D eigenvalue weighted by atomic mass is 10.1. The standard InChI is InChI=1S/C27H34N2O7/c1-19(28-26(32)24(30)22-10-6-4-7-11-22)16-34-14-15-35-18-21(3)36-17-20(2)29-27(33)25(31)23-12-8-5-9-13-23/h4-13,19-21H,14-18H2,1-3H3,(H,28,32)(H,29,33). The van der Waals surface area contributed by atoms with Crippen molar-refractivity contribution in [2.45, 2.75) is 39.0 Å². The zero-order chi connectivity index (χ0) is 26.3. The van der Waals surface area contributed by atoms with E-state index < -0.39 is 23.4 Å². The maximum absolute atomic E-state index is 12.1. The Kier molecular flexibility index (Phi) is 12.5. The second-order valence-electron chi connectivity index (χ2n) is 8.43. The Labute approximate surface area is 211 Å². The molecule has 0 saturated heterocycles. The average molecular weight is 499 g/mol. The quantitative estimate of drug-likeness (QED) is 0.207. The average Bonchev–Trinajstić information content (AvgIpc) is 2.89. The molecule has 36 heavy (non-hydrogen) atoms. The van der Waals surface area contributed by atoms with E-state index >= 15 is 0 Å². The van der Waals surface area contributed by atoms with Gasteiger partial charge in [-0.1, -0.05) is 60.7 Å². The molecule has 9 nitrogen and oxygen atoms in total. The minimum absolute atomic E-state index is 0.226. The number of carbonyl (C=O) groups is 4. The highest BCUT2D eigenvalue weighted by Gasteiger charge is 2.19. The van der Waals surface area contributed by atoms with Crippen LogP contribution in [0.2, 0.25) is 0 Å². The van der Waals surface area contributed by atoms with Crippen LogP contribution in [0.1, 0.15) is 41.5 Å². The van der Waals surface area contributed by atoms with Gasteiger partial charge in [0.2, 0.25) is 11.6 Å². The number of nitrogens with one attached hydrogen (secondary N) is 2. The molecule has 0 saturated carbocycles. The largest absolute Gasteiger partial charge is 0.377 e. The lowest BCUT2D eigenvalue weighted by molar-refractivity contribution is -0.118. The highest BCUT2D eigenvalue weighted by Crippen LogP contribution is 2.02. The van der Waals surface area contributed by atoms with Crippen LogP contribution in [0.5, 0.6) is 0 Å². The molecule has 0 radical (unpaired) electrons. The predicted octanol–water partition coefficient (Wildman–Crippen LogP) is 2.20. The number of Topliss-reactive ketones (excluding diaryl/α,β-unsaturated/α-hetero) is 2. The fraction of sp³-hybridized carbons (Fsp3) is 0.407. The fourth-order valence-electron chi connectivity index (χ4n) is 3.09. The topological polar surface area (TPSA) is 120 Å². The number of carbonyl (C=O) groups excluding carboxylic acids is 4. The van der Waals surface area contributed by atoms with Crippen molar-refractivity contribution in [3.63, 3.8) is 0 Å². The number of ether oxygens (including phenoxy) is 3. The Morgan fingerprint density at radius 2 is 1.06 bits per heavy atom. The summed E-state index contributed by atoms with van der Waals surface area (Å²) in [5, 5.41) is 5.25. The lowest BCUT2D eigenvalue weighted by Crippen LogP contribution is -2.41. The van der Waals surface area contributed by atoms with Gasteiger partial charge in [-0.15, -0.1) is 0 Å². The lowest BCUT2D eigenvalue weighted by Gasteiger charge is -2.18. The third-order valence-electron chi connectivity index (χ3n) is 4.96. The molecular formula is C27H34N2O7. The van der Waals surface area contributed by atoms with Crippen molar-refractivity contribution in [1.82, 2.24) is 10.6 Å². The first-order valence-electron chi connectivity index (χ1n) is 11.9. The van der Waals surface area contributed by atoms with Gasteiger partial charge in [-0.05, 0) is 20.8 Å². The van der Waals surface area contributed by atoms with Crippen LogP contribution in [-0.4, -0.2) is 74.6 Å². The van der Waals surface area contributed by atoms with E-state index in [2.05, 4.69) is 10.6 Å². The Balaban J connectivity index is 1.52. The number of hydrogen-bond donors (Lipinski definition) is 2. The van der Waals surface area contributed by atoms with Gasteiger partial charge in [-0.25, -0.2) is 0 Å². The molecule has 0 bridgehead atoms. The number of benzene rings is 2. The van der Waals surface area contributed by atoms with Crippen molar-refractivity contribution in [2.75, 3.05) is 33.0 Å². The van der Waals surface area contributed by atoms with E-state index in [-0.39, 0.29) is 31.4 Å². The Hall–Kier alpha value is -3.40. The van der Waals surface area contributed by atoms with Crippen LogP contribution in [0.25, 0.3) is 0 Å². The monoisotopic (exact) mass is 498 g/mol. The molecule has 2 rings (SSSR count). The smallest absolute Gasteiger partial charge is 0.292 e. The SMILES string of the molecule is CC(COCCOCC(C)OCC(C)NC(=O)C(=O)c1ccccc1)NC(=O)C(=O)c1ccccc1. The third kappa shape index (κ3) is 10.5. The molecule has 2 N–H and O–H groups in total. The summed E-state index contributed by atoms with van der Waals surface area (Å²) in [6.45, 7) is 6.78. The summed E-state index contributed by atoms with van der Waals surface area (Å²) in [4.78, 5) is 48.3. The number of rotatable bonds is 16. The summed E-state index contributed by atoms with van der Waals surface area (Å²) in [7, 11) is 0. The first-order chi connectivity index (χ1) is 17.3. The maximum atomic E-state index is 12.1. The third-order valence-corrected chi connectivity index (χ3v) is 4.96. The molecule has 0 aliphatic carbocycles. The zero-order valence-electron chi connectivity index (χ0n) is 20.9. The molecule has 2 aromatic rings. The molecule has 0 aliphatic rings. The van der Waals surface area contributed by atoms with Crippen molar-refractivity contribution in [3.8, 4) is 0 Å². The van der Waals surface area contributed by atoms with Crippen molar-refractivity contribution in [2.24, 2.45) is 0 Å². The summed E-state index contributed by atoms with van der Waals surface area (Å²) >= 11 is 0. The molecule has 0 aromatic heterocycles. The van der Waals surface area contributed by atoms with Gasteiger partial charge in [0.25, 0.3) is 11.8 Å². The maximum Gasteiger partial charge on any atom is 0.292 e. The molecule has 0 spiro atoms. The predicted molar refractivity (Wildman–Crippen MR) is 134 cm³/mol. The van der Waals surface area contributed by atoms with E-state index in [0.29, 0.717) is 30.9 Å². The fourth-order valence-corrected chi connectivity index (χ4v) is 3.09. The van der Waals surface area contributed by atoms with Gasteiger partial charge in [-0.2, -0.15) is 0 Å². The zero-order valence-corrected chi connectivity index (χ0v) is 20.9. The first-order valence-corrected chi connectivity index (χ1v) is 11.9. The van der Waals surface area contributed by atoms with Crippen LogP contribution in [0.3, 0.4) is 0 Å². The van der Waals surface area contributed by atoms with Gasteiger partial charge in [0.15, 0.2) is 0 Å². The van der Waals surface area contributed by atoms with Crippen molar-refractivity contribution in [3.05, 3.63) is 71.8 Å². The van der Waals surface area contributed by atoms with Crippen molar-refractivity contribution < 1.29 is 33.4 Å². The Bertz CT molecular complexity index is 982. The van der Waals surface area contributed by atoms with Crippen LogP contribution >= 0.6 is 0 Å². The van der Waals surface area contributed by atoms with Gasteiger partial charge >= 0.3 is 0 Å². The highest BCUT2D eigenvalue weighted by molar-refractivity contribution is 6.43. The molecule has 3 atom stereocenters. The highest BCUT2D eigenvalue weighted by atomic mass is 16.5. The molecule has 2 aromatic carbocycles. The van der Waals surface area contributed by atoms with E-state index in [1.54, 1.807) is 74.5 Å². The summed E-state index contributed by atoms with van der Waals surface area (Å²) in [6, 6.07) is 16.0. The number of amides is 2. The van der Waals surface area contributed by atoms with E-state index in [1.165, 1.54) is 0 Å². The van der Waals surface area contributed by atoms with E-state index in [1.807, 2.05) is 6.92 Å². The normalized spacial score (nSPS) is 13.3. The van der Waals surface area contributed by atoms with Crippen LogP contribution in [0.4, 0.5) is 0 Å². The van der Waals surface area contributed by atoms with Crippen molar-refractivity contribution >= 4 is 23.4 Å². The van der Waals surface area contributed by atoms with Crippen LogP contribution in [0, 0.1) is 0 Å². The van der Waals surface area contributed by atoms with Crippen LogP contribution in [0.15, 0.2) is 60.7 Å². The Morgan fingerprint density at radius 3 is 1.53 bits per heavy atom. The number of hydrogen-bond acceptors (Lipinski definition) is 7. The van der Waals surface area contributed by atoms with Gasteiger partial charge in [0.1, 0.15) is 0 Å². The summed E-state index contributed by atoms with van der Waals surface area (Å²) in [6.07, 6.45) is -0.226. The second kappa shape index (κ2) is 15.6. The molecule has 0 heterocycles. The summed E-state index contributed by atoms with van der Waals surface area (Å²) in [5.41, 5.74) is 0.676. The van der Waals surface area contributed by atoms with Gasteiger partial charge in [-0.3, -0.25) is 19.2 Å². The minimum atomic E-state index is -0.673. The Morgan fingerprint density at radius 1 is 0.639 bits per heavy atom. The van der Waals surface area contributed by atoms with Gasteiger partial charge < -0.3 is 24.8 Å². The molecule has 9 heteroatoms. The van der Waals surface area contributed by atoms with E-state index in [9.17, 15) is 19.2 Å². The molecule has 2 amide bonds. The first kappa shape index (κ1) is 28.8. The minimum Gasteiger partial charge on any atom is -0.377 e. The molecule has 0 fully saturated rings. The van der Waals surface area contributed by atoms with E-state index in [4.69, 9.17) is 14.2 Å². The second-order valence-corrected chi connectivity index (χ2v) is 8.43. The number of ketones is 2. The molecule has 0 aliphatic heterocycles. The van der Waals surface area contributed by atoms with Gasteiger partial charge in [0.05, 0.1) is 39.1 Å². The molecule has 194 valence electrons. The summed E-state index contributed by atoms with van der Waals surface area (Å²) < 4.78 is 16.7. The van der Waals surface area contributed by atoms with Gasteiger partial charge in [0, 0.05) is 23.2 Å². The van der Waals surface area contributed by atoms with Crippen LogP contribution in [-0.2, 0) is 23.8 Å². The van der Waals surface area contributed by atoms with Crippen LogP contribution < -0.4 is 10.6 Å². The molecule has 3 unspecified atom stereocenters. The molecular weight excluding hydrogens is 464 g/mol.